The first-order chi connectivity index (χ1) is 11.6. The van der Waals surface area contributed by atoms with Gasteiger partial charge in [-0.25, -0.2) is 0 Å². The van der Waals surface area contributed by atoms with Crippen molar-refractivity contribution in [2.75, 3.05) is 11.1 Å². The van der Waals surface area contributed by atoms with Gasteiger partial charge in [0.25, 0.3) is 5.22 Å². The van der Waals surface area contributed by atoms with E-state index in [2.05, 4.69) is 38.1 Å². The van der Waals surface area contributed by atoms with E-state index in [4.69, 9.17) is 16.0 Å². The number of thioether (sulfide) groups is 1. The molecule has 0 atom stereocenters. The van der Waals surface area contributed by atoms with Gasteiger partial charge in [0.2, 0.25) is 11.8 Å². The number of carbonyl (C=O) groups is 1. The number of nitrogens with one attached hydrogen (secondary N) is 1. The summed E-state index contributed by atoms with van der Waals surface area (Å²) >= 11 is 9.23. The number of hydrogen-bond acceptors (Lipinski definition) is 5. The van der Waals surface area contributed by atoms with Gasteiger partial charge in [-0.3, -0.25) is 4.79 Å². The second-order valence-electron chi connectivity index (χ2n) is 4.73. The Hall–Kier alpha value is -1.58. The maximum absolute atomic E-state index is 12.0. The van der Waals surface area contributed by atoms with Crippen molar-refractivity contribution in [3.8, 4) is 11.5 Å². The third-order valence-corrected chi connectivity index (χ3v) is 4.67. The lowest BCUT2D eigenvalue weighted by molar-refractivity contribution is -0.113. The van der Waals surface area contributed by atoms with Crippen LogP contribution < -0.4 is 5.32 Å². The summed E-state index contributed by atoms with van der Waals surface area (Å²) in [5, 5.41) is 11.7. The smallest absolute Gasteiger partial charge is 0.277 e. The molecule has 3 aromatic rings. The standard InChI is InChI=1S/C16H11ClIN3O2S/c17-11-6-4-10(5-7-11)15-20-21-16(23-15)24-9-14(22)19-13-3-1-2-12(18)8-13/h1-8H,9H2,(H,19,22). The van der Waals surface area contributed by atoms with Crippen LogP contribution in [0.2, 0.25) is 5.02 Å². The highest BCUT2D eigenvalue weighted by molar-refractivity contribution is 14.1. The Bertz CT molecular complexity index is 855. The summed E-state index contributed by atoms with van der Waals surface area (Å²) in [5.74, 6) is 0.453. The monoisotopic (exact) mass is 471 g/mol. The second kappa shape index (κ2) is 8.00. The zero-order valence-electron chi connectivity index (χ0n) is 12.2. The molecule has 0 aliphatic rings. The second-order valence-corrected chi connectivity index (χ2v) is 7.34. The molecule has 0 radical (unpaired) electrons. The van der Waals surface area contributed by atoms with E-state index in [0.29, 0.717) is 16.1 Å². The zero-order valence-corrected chi connectivity index (χ0v) is 15.9. The maximum atomic E-state index is 12.0. The van der Waals surface area contributed by atoms with Gasteiger partial charge in [0.05, 0.1) is 5.75 Å². The van der Waals surface area contributed by atoms with Crippen LogP contribution in [0.15, 0.2) is 58.2 Å². The summed E-state index contributed by atoms with van der Waals surface area (Å²) < 4.78 is 6.60. The highest BCUT2D eigenvalue weighted by Gasteiger charge is 2.11. The van der Waals surface area contributed by atoms with E-state index in [1.165, 1.54) is 11.8 Å². The first-order valence-corrected chi connectivity index (χ1v) is 9.32. The highest BCUT2D eigenvalue weighted by Crippen LogP contribution is 2.24. The Morgan fingerprint density at radius 3 is 2.75 bits per heavy atom. The van der Waals surface area contributed by atoms with Crippen molar-refractivity contribution < 1.29 is 9.21 Å². The molecule has 1 N–H and O–H groups in total. The number of hydrogen-bond donors (Lipinski definition) is 1. The van der Waals surface area contributed by atoms with Gasteiger partial charge >= 0.3 is 0 Å². The molecule has 1 heterocycles. The molecule has 2 aromatic carbocycles. The molecule has 0 fully saturated rings. The fourth-order valence-corrected chi connectivity index (χ4v) is 3.10. The summed E-state index contributed by atoms with van der Waals surface area (Å²) in [7, 11) is 0. The van der Waals surface area contributed by atoms with Gasteiger partial charge < -0.3 is 9.73 Å². The Balaban J connectivity index is 1.57. The van der Waals surface area contributed by atoms with Crippen LogP contribution in [0.25, 0.3) is 11.5 Å². The summed E-state index contributed by atoms with van der Waals surface area (Å²) in [6.45, 7) is 0. The van der Waals surface area contributed by atoms with Crippen LogP contribution in [-0.4, -0.2) is 21.9 Å². The van der Waals surface area contributed by atoms with Gasteiger partial charge in [0, 0.05) is 19.8 Å². The number of nitrogens with zero attached hydrogens (tertiary/aromatic N) is 2. The molecular weight excluding hydrogens is 461 g/mol. The Labute approximate surface area is 161 Å². The average molecular weight is 472 g/mol. The molecule has 1 amide bonds. The van der Waals surface area contributed by atoms with E-state index in [-0.39, 0.29) is 11.7 Å². The molecule has 0 aliphatic heterocycles. The van der Waals surface area contributed by atoms with Gasteiger partial charge in [-0.1, -0.05) is 29.4 Å². The predicted molar refractivity (Wildman–Crippen MR) is 103 cm³/mol. The number of benzene rings is 2. The number of carbonyl (C=O) groups excluding carboxylic acids is 1. The molecule has 0 unspecified atom stereocenters. The quantitative estimate of drug-likeness (QED) is 0.431. The zero-order chi connectivity index (χ0) is 16.9. The summed E-state index contributed by atoms with van der Waals surface area (Å²) in [4.78, 5) is 12.0. The van der Waals surface area contributed by atoms with Crippen LogP contribution in [0, 0.1) is 3.57 Å². The van der Waals surface area contributed by atoms with Crippen LogP contribution in [0.1, 0.15) is 0 Å². The largest absolute Gasteiger partial charge is 0.411 e. The van der Waals surface area contributed by atoms with Crippen molar-refractivity contribution in [2.24, 2.45) is 0 Å². The Kier molecular flexibility index (Phi) is 5.75. The van der Waals surface area contributed by atoms with Crippen LogP contribution >= 0.6 is 46.0 Å². The normalized spacial score (nSPS) is 10.6. The lowest BCUT2D eigenvalue weighted by atomic mass is 10.2. The van der Waals surface area contributed by atoms with Gasteiger partial charge in [0.15, 0.2) is 0 Å². The van der Waals surface area contributed by atoms with Gasteiger partial charge in [-0.05, 0) is 65.1 Å². The third kappa shape index (κ3) is 4.71. The fraction of sp³-hybridized carbons (Fsp3) is 0.0625. The van der Waals surface area contributed by atoms with Crippen molar-refractivity contribution in [1.29, 1.82) is 0 Å². The van der Waals surface area contributed by atoms with Crippen molar-refractivity contribution in [3.63, 3.8) is 0 Å². The van der Waals surface area contributed by atoms with Crippen LogP contribution in [0.4, 0.5) is 5.69 Å². The molecule has 0 aliphatic carbocycles. The molecular formula is C16H11ClIN3O2S. The lowest BCUT2D eigenvalue weighted by Gasteiger charge is -2.04. The van der Waals surface area contributed by atoms with Crippen molar-refractivity contribution >= 4 is 57.5 Å². The van der Waals surface area contributed by atoms with Gasteiger partial charge in [0.1, 0.15) is 0 Å². The predicted octanol–water partition coefficient (Wildman–Crippen LogP) is 4.73. The van der Waals surface area contributed by atoms with Crippen LogP contribution in [0.5, 0.6) is 0 Å². The van der Waals surface area contributed by atoms with Gasteiger partial charge in [-0.15, -0.1) is 10.2 Å². The van der Waals surface area contributed by atoms with E-state index >= 15 is 0 Å². The summed E-state index contributed by atoms with van der Waals surface area (Å²) in [6.07, 6.45) is 0. The van der Waals surface area contributed by atoms with Crippen molar-refractivity contribution in [3.05, 3.63) is 57.1 Å². The lowest BCUT2D eigenvalue weighted by Crippen LogP contribution is -2.13. The molecule has 24 heavy (non-hydrogen) atoms. The van der Waals surface area contributed by atoms with E-state index in [1.54, 1.807) is 24.3 Å². The number of aromatic nitrogens is 2. The molecule has 122 valence electrons. The van der Waals surface area contributed by atoms with Crippen molar-refractivity contribution in [1.82, 2.24) is 10.2 Å². The minimum Gasteiger partial charge on any atom is -0.411 e. The van der Waals surface area contributed by atoms with Crippen LogP contribution in [0.3, 0.4) is 0 Å². The molecule has 8 heteroatoms. The molecule has 3 rings (SSSR count). The number of anilines is 1. The molecule has 0 saturated carbocycles. The van der Waals surface area contributed by atoms with E-state index < -0.39 is 0 Å². The Morgan fingerprint density at radius 1 is 1.21 bits per heavy atom. The highest BCUT2D eigenvalue weighted by atomic mass is 127. The van der Waals surface area contributed by atoms with Crippen molar-refractivity contribution in [2.45, 2.75) is 5.22 Å². The van der Waals surface area contributed by atoms with E-state index in [1.807, 2.05) is 24.3 Å². The maximum Gasteiger partial charge on any atom is 0.277 e. The SMILES string of the molecule is O=C(CSc1nnc(-c2ccc(Cl)cc2)o1)Nc1cccc(I)c1. The number of amides is 1. The summed E-state index contributed by atoms with van der Waals surface area (Å²) in [6, 6.07) is 14.7. The number of rotatable bonds is 5. The van der Waals surface area contributed by atoms with E-state index in [9.17, 15) is 4.79 Å². The van der Waals surface area contributed by atoms with Crippen LogP contribution in [-0.2, 0) is 4.79 Å². The summed E-state index contributed by atoms with van der Waals surface area (Å²) in [5.41, 5.74) is 1.54. The minimum absolute atomic E-state index is 0.131. The molecule has 1 aromatic heterocycles. The topological polar surface area (TPSA) is 68.0 Å². The molecule has 0 bridgehead atoms. The molecule has 5 nitrogen and oxygen atoms in total. The third-order valence-electron chi connectivity index (χ3n) is 2.93. The first kappa shape index (κ1) is 17.2. The number of halogens is 2. The molecule has 0 spiro atoms. The Morgan fingerprint density at radius 2 is 2.00 bits per heavy atom. The first-order valence-electron chi connectivity index (χ1n) is 6.88. The van der Waals surface area contributed by atoms with Gasteiger partial charge in [-0.2, -0.15) is 0 Å². The average Bonchev–Trinajstić information content (AvgIpc) is 3.03. The molecule has 0 saturated heterocycles. The minimum atomic E-state index is -0.131. The fourth-order valence-electron chi connectivity index (χ4n) is 1.87. The van der Waals surface area contributed by atoms with E-state index in [0.717, 1.165) is 14.8 Å².